The highest BCUT2D eigenvalue weighted by atomic mass is 32.3. The Balaban J connectivity index is 2.42. The maximum absolute atomic E-state index is 12.9. The largest absolute Gasteiger partial charge is 0.457 e. The van der Waals surface area contributed by atoms with Crippen LogP contribution in [0.1, 0.15) is 187 Å². The summed E-state index contributed by atoms with van der Waals surface area (Å²) >= 11 is 0. The summed E-state index contributed by atoms with van der Waals surface area (Å²) in [4.78, 5) is 12.9. The molecule has 0 bridgehead atoms. The van der Waals surface area contributed by atoms with Crippen LogP contribution in [0.25, 0.3) is 0 Å². The van der Waals surface area contributed by atoms with E-state index in [2.05, 4.69) is 66.6 Å². The maximum Gasteiger partial charge on any atom is 0.397 e. The highest BCUT2D eigenvalue weighted by Gasteiger charge is 2.48. The molecule has 1 heterocycles. The average Bonchev–Trinajstić information content (AvgIpc) is 3.23. The fourth-order valence-corrected chi connectivity index (χ4v) is 7.53. The van der Waals surface area contributed by atoms with Gasteiger partial charge in [0.25, 0.3) is 0 Å². The maximum atomic E-state index is 12.9. The molecule has 0 spiro atoms. The number of hydrogen-bond acceptors (Lipinski definition) is 11. The average molecular weight is 887 g/mol. The van der Waals surface area contributed by atoms with Gasteiger partial charge in [0.05, 0.1) is 19.8 Å². The molecule has 0 saturated carbocycles. The van der Waals surface area contributed by atoms with Crippen LogP contribution in [0.15, 0.2) is 48.6 Å². The van der Waals surface area contributed by atoms with E-state index < -0.39 is 59.8 Å². The van der Waals surface area contributed by atoms with E-state index in [4.69, 9.17) is 23.5 Å². The molecule has 6 atom stereocenters. The standard InChI is InChI=1S/C48H86O12S/c1-3-5-7-9-11-13-15-17-19-21-22-23-25-27-29-31-33-35-37-44(50)58-42(41-57-48-46(52)47(60-61(53,54)55)45(51)43(39-49)59-48)40-56-38-36-34-32-30-28-26-24-20-18-16-14-12-10-8-6-4-2/h12-15,18-21,42-43,45-49,51-52H,3-11,16-17,22-41H2,1-2H3,(H,53,54,55)/b14-12-,15-13-,20-18-,21-19-. The molecule has 1 saturated heterocycles. The minimum Gasteiger partial charge on any atom is -0.457 e. The number of carbonyl (C=O) groups excluding carboxylic acids is 1. The second kappa shape index (κ2) is 39.6. The van der Waals surface area contributed by atoms with Crippen LogP contribution in [0.2, 0.25) is 0 Å². The predicted molar refractivity (Wildman–Crippen MR) is 243 cm³/mol. The van der Waals surface area contributed by atoms with Gasteiger partial charge in [-0.3, -0.25) is 9.35 Å². The first-order valence-electron chi connectivity index (χ1n) is 23.9. The van der Waals surface area contributed by atoms with Crippen LogP contribution < -0.4 is 0 Å². The van der Waals surface area contributed by atoms with Gasteiger partial charge in [-0.1, -0.05) is 152 Å². The lowest BCUT2D eigenvalue weighted by atomic mass is 9.99. The van der Waals surface area contributed by atoms with Crippen molar-refractivity contribution < 1.29 is 56.2 Å². The van der Waals surface area contributed by atoms with E-state index in [0.29, 0.717) is 13.0 Å². The third-order valence-corrected chi connectivity index (χ3v) is 11.1. The molecular formula is C48H86O12S. The summed E-state index contributed by atoms with van der Waals surface area (Å²) in [5.41, 5.74) is 0. The van der Waals surface area contributed by atoms with Crippen LogP contribution in [-0.2, 0) is 38.3 Å². The molecular weight excluding hydrogens is 801 g/mol. The topological polar surface area (TPSA) is 178 Å². The van der Waals surface area contributed by atoms with Crippen LogP contribution in [-0.4, -0.2) is 97.5 Å². The zero-order valence-corrected chi connectivity index (χ0v) is 38.8. The van der Waals surface area contributed by atoms with E-state index >= 15 is 0 Å². The molecule has 4 N–H and O–H groups in total. The van der Waals surface area contributed by atoms with Crippen molar-refractivity contribution in [3.63, 3.8) is 0 Å². The Labute approximate surface area is 370 Å². The van der Waals surface area contributed by atoms with Crippen LogP contribution in [0.3, 0.4) is 0 Å². The van der Waals surface area contributed by atoms with Crippen LogP contribution in [0.4, 0.5) is 0 Å². The first-order chi connectivity index (χ1) is 29.6. The van der Waals surface area contributed by atoms with E-state index in [9.17, 15) is 28.5 Å². The molecule has 13 heteroatoms. The van der Waals surface area contributed by atoms with Gasteiger partial charge in [-0.05, 0) is 77.0 Å². The van der Waals surface area contributed by atoms with Crippen molar-refractivity contribution in [2.24, 2.45) is 0 Å². The number of ether oxygens (including phenoxy) is 4. The summed E-state index contributed by atoms with van der Waals surface area (Å²) in [6.45, 7) is 3.92. The molecule has 0 aliphatic carbocycles. The zero-order chi connectivity index (χ0) is 44.7. The lowest BCUT2D eigenvalue weighted by Crippen LogP contribution is -2.60. The number of aliphatic hydroxyl groups excluding tert-OH is 3. The fraction of sp³-hybridized carbons (Fsp3) is 0.812. The summed E-state index contributed by atoms with van der Waals surface area (Å²) in [6, 6.07) is 0. The van der Waals surface area contributed by atoms with Gasteiger partial charge >= 0.3 is 16.4 Å². The Morgan fingerprint density at radius 1 is 0.623 bits per heavy atom. The fourth-order valence-electron chi connectivity index (χ4n) is 7.03. The normalized spacial score (nSPS) is 20.5. The minimum atomic E-state index is -5.07. The highest BCUT2D eigenvalue weighted by Crippen LogP contribution is 2.26. The van der Waals surface area contributed by atoms with Crippen LogP contribution >= 0.6 is 0 Å². The quantitative estimate of drug-likeness (QED) is 0.0198. The van der Waals surface area contributed by atoms with Crippen LogP contribution in [0, 0.1) is 0 Å². The molecule has 6 unspecified atom stereocenters. The third-order valence-electron chi connectivity index (χ3n) is 10.7. The van der Waals surface area contributed by atoms with E-state index in [-0.39, 0.29) is 19.6 Å². The molecule has 1 rings (SSSR count). The molecule has 356 valence electrons. The van der Waals surface area contributed by atoms with Crippen molar-refractivity contribution >= 4 is 16.4 Å². The summed E-state index contributed by atoms with van der Waals surface area (Å²) in [5, 5.41) is 30.7. The number of rotatable bonds is 41. The number of aliphatic hydroxyl groups is 3. The molecule has 0 radical (unpaired) electrons. The number of hydrogen-bond donors (Lipinski definition) is 4. The monoisotopic (exact) mass is 887 g/mol. The minimum absolute atomic E-state index is 0.0246. The smallest absolute Gasteiger partial charge is 0.397 e. The SMILES string of the molecule is CCCCC/C=C\C/C=C\CCCCCCCCOCC(COC1OC(CO)C(O)C(OS(=O)(=O)O)C1O)OC(=O)CCCCCCCCC/C=C\C/C=C\CCCCCC. The number of esters is 1. The molecule has 1 fully saturated rings. The molecule has 0 aromatic heterocycles. The zero-order valence-electron chi connectivity index (χ0n) is 38.0. The molecule has 1 aliphatic rings. The highest BCUT2D eigenvalue weighted by molar-refractivity contribution is 7.80. The van der Waals surface area contributed by atoms with Crippen molar-refractivity contribution in [3.8, 4) is 0 Å². The van der Waals surface area contributed by atoms with Crippen molar-refractivity contribution in [3.05, 3.63) is 48.6 Å². The third kappa shape index (κ3) is 33.3. The van der Waals surface area contributed by atoms with E-state index in [1.807, 2.05) is 0 Å². The Hall–Kier alpha value is -1.94. The second-order valence-electron chi connectivity index (χ2n) is 16.3. The lowest BCUT2D eigenvalue weighted by molar-refractivity contribution is -0.301. The van der Waals surface area contributed by atoms with Crippen molar-refractivity contribution in [2.45, 2.75) is 224 Å². The summed E-state index contributed by atoms with van der Waals surface area (Å²) in [5.74, 6) is -0.412. The summed E-state index contributed by atoms with van der Waals surface area (Å²) < 4.78 is 59.1. The molecule has 1 aliphatic heterocycles. The molecule has 0 amide bonds. The van der Waals surface area contributed by atoms with Crippen LogP contribution in [0.5, 0.6) is 0 Å². The van der Waals surface area contributed by atoms with E-state index in [0.717, 1.165) is 70.6 Å². The Kier molecular flexibility index (Phi) is 37.1. The predicted octanol–water partition coefficient (Wildman–Crippen LogP) is 10.4. The van der Waals surface area contributed by atoms with Gasteiger partial charge in [-0.25, -0.2) is 4.18 Å². The number of carbonyl (C=O) groups is 1. The first-order valence-corrected chi connectivity index (χ1v) is 25.3. The van der Waals surface area contributed by atoms with Gasteiger partial charge in [-0.2, -0.15) is 8.42 Å². The van der Waals surface area contributed by atoms with Gasteiger partial charge in [-0.15, -0.1) is 0 Å². The summed E-state index contributed by atoms with van der Waals surface area (Å²) in [7, 11) is -5.07. The Bertz CT molecular complexity index is 1250. The van der Waals surface area contributed by atoms with E-state index in [1.165, 1.54) is 89.9 Å². The van der Waals surface area contributed by atoms with Gasteiger partial charge < -0.3 is 34.3 Å². The van der Waals surface area contributed by atoms with Gasteiger partial charge in [0.2, 0.25) is 0 Å². The van der Waals surface area contributed by atoms with Gasteiger partial charge in [0, 0.05) is 13.0 Å². The van der Waals surface area contributed by atoms with E-state index in [1.54, 1.807) is 0 Å². The second-order valence-corrected chi connectivity index (χ2v) is 17.4. The molecule has 12 nitrogen and oxygen atoms in total. The van der Waals surface area contributed by atoms with Crippen molar-refractivity contribution in [1.82, 2.24) is 0 Å². The number of unbranched alkanes of at least 4 members (excludes halogenated alkanes) is 20. The van der Waals surface area contributed by atoms with Gasteiger partial charge in [0.1, 0.15) is 30.5 Å². The molecule has 0 aromatic rings. The molecule has 0 aromatic carbocycles. The lowest BCUT2D eigenvalue weighted by Gasteiger charge is -2.41. The van der Waals surface area contributed by atoms with Crippen molar-refractivity contribution in [2.75, 3.05) is 26.4 Å². The van der Waals surface area contributed by atoms with Gasteiger partial charge in [0.15, 0.2) is 6.29 Å². The molecule has 61 heavy (non-hydrogen) atoms. The summed E-state index contributed by atoms with van der Waals surface area (Å²) in [6.07, 6.45) is 38.5. The number of allylic oxidation sites excluding steroid dienone is 8. The Morgan fingerprint density at radius 2 is 1.08 bits per heavy atom. The van der Waals surface area contributed by atoms with Crippen molar-refractivity contribution in [1.29, 1.82) is 0 Å². The first kappa shape index (κ1) is 57.1. The Morgan fingerprint density at radius 3 is 1.59 bits per heavy atom.